The number of nitrogens with two attached hydrogens (primary N) is 1. The van der Waals surface area contributed by atoms with Gasteiger partial charge >= 0.3 is 0 Å². The molecule has 2 aliphatic heterocycles. The van der Waals surface area contributed by atoms with Gasteiger partial charge in [-0.25, -0.2) is 0 Å². The minimum Gasteiger partial charge on any atom is -0.372 e. The third-order valence-corrected chi connectivity index (χ3v) is 6.67. The third kappa shape index (κ3) is 4.15. The van der Waals surface area contributed by atoms with Gasteiger partial charge in [0.15, 0.2) is 5.60 Å². The molecule has 1 atom stereocenters. The maximum Gasteiger partial charge on any atom is 0.268 e. The zero-order valence-corrected chi connectivity index (χ0v) is 19.1. The highest BCUT2D eigenvalue weighted by Crippen LogP contribution is 2.50. The Balaban J connectivity index is 0.00000272. The highest BCUT2D eigenvalue weighted by atomic mass is 35.5. The normalized spacial score (nSPS) is 21.0. The number of halogens is 3. The molecule has 6 nitrogen and oxygen atoms in total. The van der Waals surface area contributed by atoms with Crippen LogP contribution in [-0.2, 0) is 10.4 Å². The van der Waals surface area contributed by atoms with Crippen molar-refractivity contribution < 1.29 is 14.7 Å². The lowest BCUT2D eigenvalue weighted by Gasteiger charge is -2.27. The third-order valence-electron chi connectivity index (χ3n) is 6.04. The van der Waals surface area contributed by atoms with Crippen molar-refractivity contribution in [3.63, 3.8) is 0 Å². The Morgan fingerprint density at radius 3 is 2.52 bits per heavy atom. The molecule has 4 N–H and O–H groups in total. The lowest BCUT2D eigenvalue weighted by Crippen LogP contribution is -2.42. The maximum atomic E-state index is 13.6. The molecule has 0 spiro atoms. The quantitative estimate of drug-likeness (QED) is 0.605. The fourth-order valence-corrected chi connectivity index (χ4v) is 5.05. The van der Waals surface area contributed by atoms with Crippen molar-refractivity contribution in [1.29, 1.82) is 0 Å². The Hall–Kier alpha value is -1.83. The van der Waals surface area contributed by atoms with Crippen LogP contribution in [0.5, 0.6) is 0 Å². The highest BCUT2D eigenvalue weighted by Gasteiger charge is 2.53. The fourth-order valence-electron chi connectivity index (χ4n) is 4.43. The molecule has 0 aliphatic carbocycles. The number of amides is 2. The summed E-state index contributed by atoms with van der Waals surface area (Å²) < 4.78 is 0. The van der Waals surface area contributed by atoms with Crippen molar-refractivity contribution in [2.75, 3.05) is 24.5 Å². The van der Waals surface area contributed by atoms with Crippen molar-refractivity contribution >= 4 is 53.1 Å². The molecule has 0 saturated carbocycles. The first-order valence-electron chi connectivity index (χ1n) is 9.98. The summed E-state index contributed by atoms with van der Waals surface area (Å²) in [6, 6.07) is 9.56. The number of carbonyl (C=O) groups excluding carboxylic acids is 2. The predicted molar refractivity (Wildman–Crippen MR) is 124 cm³/mol. The molecule has 2 heterocycles. The van der Waals surface area contributed by atoms with Crippen LogP contribution < -0.4 is 16.0 Å². The summed E-state index contributed by atoms with van der Waals surface area (Å²) in [5, 5.41) is 15.4. The number of anilines is 1. The Morgan fingerprint density at radius 2 is 1.87 bits per heavy atom. The van der Waals surface area contributed by atoms with Crippen LogP contribution in [0.1, 0.15) is 40.7 Å². The van der Waals surface area contributed by atoms with Gasteiger partial charge in [-0.15, -0.1) is 12.4 Å². The van der Waals surface area contributed by atoms with Gasteiger partial charge in [0.1, 0.15) is 0 Å². The summed E-state index contributed by atoms with van der Waals surface area (Å²) in [5.74, 6) is -0.701. The van der Waals surface area contributed by atoms with Gasteiger partial charge in [-0.1, -0.05) is 41.4 Å². The molecule has 2 aliphatic rings. The second kappa shape index (κ2) is 9.35. The number of hydrogen-bond donors (Lipinski definition) is 3. The number of carbonyl (C=O) groups is 2. The lowest BCUT2D eigenvalue weighted by atomic mass is 9.87. The molecule has 1 saturated heterocycles. The topological polar surface area (TPSA) is 95.7 Å². The van der Waals surface area contributed by atoms with Gasteiger partial charge in [0.25, 0.3) is 5.91 Å². The van der Waals surface area contributed by atoms with Crippen LogP contribution >= 0.6 is 35.6 Å². The predicted octanol–water partition coefficient (Wildman–Crippen LogP) is 3.49. The van der Waals surface area contributed by atoms with E-state index in [4.69, 9.17) is 28.9 Å². The summed E-state index contributed by atoms with van der Waals surface area (Å²) in [6.07, 6.45) is 2.85. The molecule has 2 aromatic rings. The minimum absolute atomic E-state index is 0. The number of fused-ring (bicyclic) bond motifs is 1. The van der Waals surface area contributed by atoms with E-state index in [1.165, 1.54) is 17.0 Å². The van der Waals surface area contributed by atoms with Crippen molar-refractivity contribution in [2.24, 2.45) is 11.7 Å². The molecule has 0 aromatic heterocycles. The molecule has 2 amide bonds. The van der Waals surface area contributed by atoms with E-state index >= 15 is 0 Å². The Bertz CT molecular complexity index is 1010. The van der Waals surface area contributed by atoms with Gasteiger partial charge < -0.3 is 21.1 Å². The van der Waals surface area contributed by atoms with E-state index < -0.39 is 17.4 Å². The maximum absolute atomic E-state index is 13.6. The zero-order chi connectivity index (χ0) is 21.5. The summed E-state index contributed by atoms with van der Waals surface area (Å²) in [7, 11) is 0. The highest BCUT2D eigenvalue weighted by molar-refractivity contribution is 6.35. The number of piperidine rings is 1. The van der Waals surface area contributed by atoms with Gasteiger partial charge in [0.2, 0.25) is 5.91 Å². The summed E-state index contributed by atoms with van der Waals surface area (Å²) in [5.41, 5.74) is 4.50. The van der Waals surface area contributed by atoms with E-state index in [0.29, 0.717) is 18.2 Å². The average Bonchev–Trinajstić information content (AvgIpc) is 2.95. The first-order chi connectivity index (χ1) is 14.3. The van der Waals surface area contributed by atoms with E-state index in [9.17, 15) is 14.7 Å². The van der Waals surface area contributed by atoms with Crippen LogP contribution in [0.2, 0.25) is 10.0 Å². The fraction of sp³-hybridized carbons (Fsp3) is 0.364. The van der Waals surface area contributed by atoms with Gasteiger partial charge in [-0.05, 0) is 56.5 Å². The van der Waals surface area contributed by atoms with Crippen LogP contribution in [0, 0.1) is 5.92 Å². The van der Waals surface area contributed by atoms with Crippen LogP contribution in [0.25, 0.3) is 0 Å². The summed E-state index contributed by atoms with van der Waals surface area (Å²) >= 11 is 12.8. The van der Waals surface area contributed by atoms with Crippen molar-refractivity contribution in [2.45, 2.75) is 24.9 Å². The van der Waals surface area contributed by atoms with E-state index in [-0.39, 0.29) is 39.1 Å². The van der Waals surface area contributed by atoms with Crippen LogP contribution in [0.4, 0.5) is 5.69 Å². The van der Waals surface area contributed by atoms with E-state index in [1.807, 2.05) is 0 Å². The zero-order valence-electron chi connectivity index (χ0n) is 16.7. The minimum atomic E-state index is -2.03. The van der Waals surface area contributed by atoms with Gasteiger partial charge in [0.05, 0.1) is 10.7 Å². The number of rotatable bonds is 5. The lowest BCUT2D eigenvalue weighted by molar-refractivity contribution is -0.132. The molecule has 0 bridgehead atoms. The number of primary amides is 1. The largest absolute Gasteiger partial charge is 0.372 e. The summed E-state index contributed by atoms with van der Waals surface area (Å²) in [4.78, 5) is 26.9. The molecular formula is C22H24Cl3N3O3. The number of hydrogen-bond acceptors (Lipinski definition) is 4. The monoisotopic (exact) mass is 483 g/mol. The van der Waals surface area contributed by atoms with Crippen molar-refractivity contribution in [1.82, 2.24) is 5.32 Å². The van der Waals surface area contributed by atoms with Crippen molar-refractivity contribution in [3.8, 4) is 0 Å². The molecule has 4 rings (SSSR count). The Morgan fingerprint density at radius 1 is 1.19 bits per heavy atom. The molecule has 0 radical (unpaired) electrons. The van der Waals surface area contributed by atoms with Gasteiger partial charge in [0, 0.05) is 28.3 Å². The molecule has 9 heteroatoms. The molecule has 166 valence electrons. The second-order valence-corrected chi connectivity index (χ2v) is 8.66. The van der Waals surface area contributed by atoms with Crippen LogP contribution in [0.3, 0.4) is 0 Å². The van der Waals surface area contributed by atoms with E-state index in [0.717, 1.165) is 32.4 Å². The smallest absolute Gasteiger partial charge is 0.268 e. The average molecular weight is 485 g/mol. The number of nitrogens with zero attached hydrogens (tertiary/aromatic N) is 1. The summed E-state index contributed by atoms with van der Waals surface area (Å²) in [6.45, 7) is 2.31. The number of nitrogens with one attached hydrogen (secondary N) is 1. The Labute approximate surface area is 197 Å². The first-order valence-corrected chi connectivity index (χ1v) is 10.7. The van der Waals surface area contributed by atoms with Gasteiger partial charge in [-0.3, -0.25) is 9.59 Å². The van der Waals surface area contributed by atoms with E-state index in [2.05, 4.69) is 5.32 Å². The first kappa shape index (κ1) is 23.8. The number of aliphatic hydroxyl groups is 1. The Kier molecular flexibility index (Phi) is 7.18. The second-order valence-electron chi connectivity index (χ2n) is 7.85. The SMILES string of the molecule is Cl.NC(=O)c1cc(Cl)c2c(c1)N(CCC1CCNCC1)C(=O)C2(O)c1ccccc1Cl. The number of benzene rings is 2. The molecule has 31 heavy (non-hydrogen) atoms. The van der Waals surface area contributed by atoms with E-state index in [1.54, 1.807) is 24.3 Å². The molecule has 1 fully saturated rings. The molecule has 2 aromatic carbocycles. The van der Waals surface area contributed by atoms with Crippen LogP contribution in [-0.4, -0.2) is 36.6 Å². The standard InChI is InChI=1S/C22H23Cl2N3O3.ClH/c23-16-4-2-1-3-15(16)22(30)19-17(24)11-14(20(25)28)12-18(19)27(21(22)29)10-7-13-5-8-26-9-6-13;/h1-4,11-13,26,30H,5-10H2,(H2,25,28);1H. The van der Waals surface area contributed by atoms with Crippen molar-refractivity contribution in [3.05, 3.63) is 63.1 Å². The van der Waals surface area contributed by atoms with Crippen LogP contribution in [0.15, 0.2) is 36.4 Å². The molecule has 1 unspecified atom stereocenters. The molecular weight excluding hydrogens is 461 g/mol. The van der Waals surface area contributed by atoms with Gasteiger partial charge in [-0.2, -0.15) is 0 Å².